The van der Waals surface area contributed by atoms with Crippen molar-refractivity contribution in [2.24, 2.45) is 22.0 Å². The fraction of sp³-hybridized carbons (Fsp3) is 0.944. The van der Waals surface area contributed by atoms with Crippen molar-refractivity contribution in [3.05, 3.63) is 0 Å². The van der Waals surface area contributed by atoms with Gasteiger partial charge in [0.1, 0.15) is 0 Å². The number of hydrogen-bond donors (Lipinski definition) is 2. The predicted molar refractivity (Wildman–Crippen MR) is 87.2 cm³/mol. The van der Waals surface area contributed by atoms with Crippen LogP contribution in [0, 0.1) is 16.2 Å². The van der Waals surface area contributed by atoms with E-state index in [1.54, 1.807) is 4.90 Å². The van der Waals surface area contributed by atoms with Crippen LogP contribution in [0.25, 0.3) is 0 Å². The fourth-order valence-electron chi connectivity index (χ4n) is 7.00. The van der Waals surface area contributed by atoms with E-state index in [0.717, 1.165) is 45.1 Å². The Labute approximate surface area is 134 Å². The predicted octanol–water partition coefficient (Wildman–Crippen LogP) is 2.29. The van der Waals surface area contributed by atoms with Gasteiger partial charge in [0.25, 0.3) is 0 Å². The Morgan fingerprint density at radius 2 is 1.68 bits per heavy atom. The normalized spacial score (nSPS) is 47.5. The third-order valence-corrected chi connectivity index (χ3v) is 6.47. The van der Waals surface area contributed by atoms with E-state index in [9.17, 15) is 9.90 Å². The lowest BCUT2D eigenvalue weighted by Crippen LogP contribution is -2.68. The lowest BCUT2D eigenvalue weighted by atomic mass is 9.38. The zero-order valence-electron chi connectivity index (χ0n) is 14.6. The molecule has 4 bridgehead atoms. The molecule has 4 fully saturated rings. The van der Waals surface area contributed by atoms with Crippen molar-refractivity contribution >= 4 is 5.91 Å². The van der Waals surface area contributed by atoms with Crippen LogP contribution >= 0.6 is 0 Å². The van der Waals surface area contributed by atoms with Gasteiger partial charge in [0.05, 0.1) is 11.6 Å². The SMILES string of the molecule is CCCN(C)C(=O)C(N)C12CC3(C)CC(C)(CC(O)(C3)C1)C2. The first kappa shape index (κ1) is 16.3. The van der Waals surface area contributed by atoms with E-state index < -0.39 is 11.6 Å². The van der Waals surface area contributed by atoms with Crippen molar-refractivity contribution in [1.82, 2.24) is 4.90 Å². The highest BCUT2D eigenvalue weighted by Gasteiger charge is 2.67. The summed E-state index contributed by atoms with van der Waals surface area (Å²) in [6.07, 6.45) is 6.55. The van der Waals surface area contributed by atoms with Crippen molar-refractivity contribution in [3.8, 4) is 0 Å². The smallest absolute Gasteiger partial charge is 0.239 e. The molecular formula is C18H32N2O2. The Kier molecular flexibility index (Phi) is 3.47. The van der Waals surface area contributed by atoms with E-state index in [0.29, 0.717) is 6.42 Å². The minimum atomic E-state index is -0.612. The van der Waals surface area contributed by atoms with Gasteiger partial charge in [-0.2, -0.15) is 0 Å². The molecule has 4 saturated carbocycles. The summed E-state index contributed by atoms with van der Waals surface area (Å²) in [7, 11) is 1.85. The second kappa shape index (κ2) is 4.70. The quantitative estimate of drug-likeness (QED) is 0.837. The van der Waals surface area contributed by atoms with Crippen LogP contribution in [0.2, 0.25) is 0 Å². The maximum atomic E-state index is 12.8. The van der Waals surface area contributed by atoms with E-state index in [-0.39, 0.29) is 22.2 Å². The molecule has 1 amide bonds. The number of rotatable bonds is 4. The zero-order valence-corrected chi connectivity index (χ0v) is 14.6. The first-order valence-electron chi connectivity index (χ1n) is 8.78. The number of carbonyl (C=O) groups is 1. The molecule has 0 aromatic heterocycles. The maximum absolute atomic E-state index is 12.8. The summed E-state index contributed by atoms with van der Waals surface area (Å²) in [5, 5.41) is 11.1. The van der Waals surface area contributed by atoms with Gasteiger partial charge in [-0.05, 0) is 61.2 Å². The molecule has 0 radical (unpaired) electrons. The molecule has 0 aliphatic heterocycles. The van der Waals surface area contributed by atoms with Crippen LogP contribution < -0.4 is 5.73 Å². The summed E-state index contributed by atoms with van der Waals surface area (Å²) in [4.78, 5) is 14.6. The van der Waals surface area contributed by atoms with E-state index in [1.807, 2.05) is 7.05 Å². The first-order chi connectivity index (χ1) is 10.0. The molecule has 4 rings (SSSR count). The molecule has 3 unspecified atom stereocenters. The van der Waals surface area contributed by atoms with Gasteiger partial charge in [-0.25, -0.2) is 0 Å². The standard InChI is InChI=1S/C18H32N2O2/c1-5-6-20(4)14(21)13(19)17-8-15(2)7-16(3,9-17)11-18(22,10-15)12-17/h13,22H,5-12,19H2,1-4H3. The molecule has 0 heterocycles. The van der Waals surface area contributed by atoms with E-state index >= 15 is 0 Å². The Hall–Kier alpha value is -0.610. The summed E-state index contributed by atoms with van der Waals surface area (Å²) in [5.41, 5.74) is 5.97. The van der Waals surface area contributed by atoms with Crippen LogP contribution in [0.4, 0.5) is 0 Å². The minimum Gasteiger partial charge on any atom is -0.390 e. The number of carbonyl (C=O) groups excluding carboxylic acids is 1. The molecule has 4 nitrogen and oxygen atoms in total. The molecular weight excluding hydrogens is 276 g/mol. The van der Waals surface area contributed by atoms with Crippen LogP contribution in [-0.2, 0) is 4.79 Å². The Balaban J connectivity index is 1.91. The Morgan fingerprint density at radius 3 is 2.14 bits per heavy atom. The second-order valence-electron chi connectivity index (χ2n) is 9.51. The zero-order chi connectivity index (χ0) is 16.4. The van der Waals surface area contributed by atoms with E-state index in [1.165, 1.54) is 0 Å². The lowest BCUT2D eigenvalue weighted by Gasteiger charge is -2.69. The summed E-state index contributed by atoms with van der Waals surface area (Å²) >= 11 is 0. The van der Waals surface area contributed by atoms with Crippen LogP contribution in [0.3, 0.4) is 0 Å². The van der Waals surface area contributed by atoms with Gasteiger partial charge in [-0.3, -0.25) is 4.79 Å². The van der Waals surface area contributed by atoms with Gasteiger partial charge in [0, 0.05) is 13.6 Å². The highest BCUT2D eigenvalue weighted by Crippen LogP contribution is 2.71. The van der Waals surface area contributed by atoms with Gasteiger partial charge < -0.3 is 15.7 Å². The summed E-state index contributed by atoms with van der Waals surface area (Å²) in [6, 6.07) is -0.477. The lowest BCUT2D eigenvalue weighted by molar-refractivity contribution is -0.230. The molecule has 4 aliphatic rings. The van der Waals surface area contributed by atoms with E-state index in [4.69, 9.17) is 5.73 Å². The number of aliphatic hydroxyl groups is 1. The molecule has 126 valence electrons. The molecule has 3 N–H and O–H groups in total. The van der Waals surface area contributed by atoms with Crippen LogP contribution in [-0.4, -0.2) is 41.1 Å². The molecule has 22 heavy (non-hydrogen) atoms. The van der Waals surface area contributed by atoms with Crippen molar-refractivity contribution in [3.63, 3.8) is 0 Å². The Morgan fingerprint density at radius 1 is 1.14 bits per heavy atom. The van der Waals surface area contributed by atoms with Crippen LogP contribution in [0.1, 0.15) is 65.7 Å². The molecule has 0 aromatic rings. The van der Waals surface area contributed by atoms with Crippen molar-refractivity contribution < 1.29 is 9.90 Å². The highest BCUT2D eigenvalue weighted by atomic mass is 16.3. The van der Waals surface area contributed by atoms with Crippen LogP contribution in [0.15, 0.2) is 0 Å². The maximum Gasteiger partial charge on any atom is 0.239 e. The van der Waals surface area contributed by atoms with Crippen molar-refractivity contribution in [2.45, 2.75) is 77.4 Å². The Bertz CT molecular complexity index is 436. The van der Waals surface area contributed by atoms with Gasteiger partial charge in [-0.1, -0.05) is 20.8 Å². The number of nitrogens with zero attached hydrogens (tertiary/aromatic N) is 1. The van der Waals surface area contributed by atoms with Gasteiger partial charge in [-0.15, -0.1) is 0 Å². The third kappa shape index (κ3) is 2.39. The number of amides is 1. The number of hydrogen-bond acceptors (Lipinski definition) is 3. The van der Waals surface area contributed by atoms with Gasteiger partial charge >= 0.3 is 0 Å². The van der Waals surface area contributed by atoms with Crippen molar-refractivity contribution in [1.29, 1.82) is 0 Å². The molecule has 4 heteroatoms. The molecule has 0 saturated heterocycles. The average molecular weight is 308 g/mol. The molecule has 3 atom stereocenters. The van der Waals surface area contributed by atoms with E-state index in [2.05, 4.69) is 20.8 Å². The van der Waals surface area contributed by atoms with Gasteiger partial charge in [0.2, 0.25) is 5.91 Å². The van der Waals surface area contributed by atoms with Gasteiger partial charge in [0.15, 0.2) is 0 Å². The average Bonchev–Trinajstić information content (AvgIpc) is 2.31. The summed E-state index contributed by atoms with van der Waals surface area (Å²) < 4.78 is 0. The number of nitrogens with two attached hydrogens (primary N) is 1. The largest absolute Gasteiger partial charge is 0.390 e. The first-order valence-corrected chi connectivity index (χ1v) is 8.78. The molecule has 0 aromatic carbocycles. The molecule has 0 spiro atoms. The fourth-order valence-corrected chi connectivity index (χ4v) is 7.00. The second-order valence-corrected chi connectivity index (χ2v) is 9.51. The highest BCUT2D eigenvalue weighted by molar-refractivity contribution is 5.82. The van der Waals surface area contributed by atoms with Crippen LogP contribution in [0.5, 0.6) is 0 Å². The molecule has 4 aliphatic carbocycles. The third-order valence-electron chi connectivity index (χ3n) is 6.47. The van der Waals surface area contributed by atoms with Crippen molar-refractivity contribution in [2.75, 3.05) is 13.6 Å². The topological polar surface area (TPSA) is 66.6 Å². The number of likely N-dealkylation sites (N-methyl/N-ethyl adjacent to an activating group) is 1. The monoisotopic (exact) mass is 308 g/mol. The minimum absolute atomic E-state index is 0.0552. The summed E-state index contributed by atoms with van der Waals surface area (Å²) in [6.45, 7) is 7.40. The summed E-state index contributed by atoms with van der Waals surface area (Å²) in [5.74, 6) is 0.0552.